The number of rotatable bonds is 8. The van der Waals surface area contributed by atoms with Crippen LogP contribution >= 0.6 is 0 Å². The van der Waals surface area contributed by atoms with Crippen LogP contribution in [-0.4, -0.2) is 49.3 Å². The van der Waals surface area contributed by atoms with Crippen molar-refractivity contribution in [3.8, 4) is 11.5 Å². The molecule has 0 atom stereocenters. The largest absolute Gasteiger partial charge is 1.00 e. The molecule has 0 unspecified atom stereocenters. The first kappa shape index (κ1) is 19.5. The normalized spacial score (nSPS) is 10.1. The summed E-state index contributed by atoms with van der Waals surface area (Å²) in [6, 6.07) is 4.51. The highest BCUT2D eigenvalue weighted by Crippen LogP contribution is 2.23. The first-order valence-electron chi connectivity index (χ1n) is 6.88. The number of hydrogen-bond donors (Lipinski definition) is 1. The van der Waals surface area contributed by atoms with Crippen molar-refractivity contribution in [2.45, 2.75) is 20.3 Å². The van der Waals surface area contributed by atoms with Crippen molar-refractivity contribution in [1.82, 2.24) is 4.90 Å². The van der Waals surface area contributed by atoms with Crippen molar-refractivity contribution in [2.24, 2.45) is 0 Å². The van der Waals surface area contributed by atoms with E-state index in [2.05, 4.69) is 18.7 Å². The van der Waals surface area contributed by atoms with E-state index >= 15 is 0 Å². The number of carbonyl (C=O) groups excluding carboxylic acids is 1. The van der Waals surface area contributed by atoms with Gasteiger partial charge in [-0.15, -0.1) is 0 Å². The standard InChI is InChI=1S/C15H23NO4.ClH/c1-4-16(5-2)9-6-10-20-15(18)13-8-7-12(19-3)11-14(13)17;/h7-8,11,17H,4-6,9-10H2,1-3H3;1H/p-1. The summed E-state index contributed by atoms with van der Waals surface area (Å²) in [5, 5.41) is 9.72. The van der Waals surface area contributed by atoms with Crippen molar-refractivity contribution < 1.29 is 31.8 Å². The molecule has 0 heterocycles. The molecule has 1 N–H and O–H groups in total. The number of phenolic OH excluding ortho intramolecular Hbond substituents is 1. The van der Waals surface area contributed by atoms with E-state index in [0.29, 0.717) is 12.4 Å². The molecule has 0 saturated carbocycles. The van der Waals surface area contributed by atoms with Gasteiger partial charge in [-0.05, 0) is 31.6 Å². The zero-order valence-corrected chi connectivity index (χ0v) is 13.5. The summed E-state index contributed by atoms with van der Waals surface area (Å²) in [6.45, 7) is 7.43. The third kappa shape index (κ3) is 6.23. The molecule has 0 bridgehead atoms. The average Bonchev–Trinajstić information content (AvgIpc) is 2.47. The smallest absolute Gasteiger partial charge is 0.341 e. The van der Waals surface area contributed by atoms with Crippen LogP contribution < -0.4 is 17.1 Å². The van der Waals surface area contributed by atoms with Crippen LogP contribution in [0.15, 0.2) is 18.2 Å². The Labute approximate surface area is 132 Å². The van der Waals surface area contributed by atoms with Crippen LogP contribution in [0, 0.1) is 0 Å². The van der Waals surface area contributed by atoms with Gasteiger partial charge in [0.2, 0.25) is 0 Å². The van der Waals surface area contributed by atoms with Gasteiger partial charge in [0, 0.05) is 12.6 Å². The molecule has 21 heavy (non-hydrogen) atoms. The molecule has 1 aromatic carbocycles. The number of aromatic hydroxyl groups is 1. The maximum atomic E-state index is 11.8. The number of ether oxygens (including phenoxy) is 2. The summed E-state index contributed by atoms with van der Waals surface area (Å²) in [5.74, 6) is -0.136. The summed E-state index contributed by atoms with van der Waals surface area (Å²) in [4.78, 5) is 14.1. The van der Waals surface area contributed by atoms with Crippen LogP contribution in [0.1, 0.15) is 30.6 Å². The van der Waals surface area contributed by atoms with Gasteiger partial charge in [0.15, 0.2) is 0 Å². The van der Waals surface area contributed by atoms with Crippen molar-refractivity contribution in [1.29, 1.82) is 0 Å². The molecule has 0 aliphatic heterocycles. The molecule has 0 aliphatic rings. The maximum absolute atomic E-state index is 11.8. The van der Waals surface area contributed by atoms with E-state index in [1.165, 1.54) is 19.2 Å². The van der Waals surface area contributed by atoms with Gasteiger partial charge in [0.25, 0.3) is 0 Å². The molecular weight excluding hydrogens is 294 g/mol. The lowest BCUT2D eigenvalue weighted by molar-refractivity contribution is -0.0000256. The number of halogens is 1. The van der Waals surface area contributed by atoms with Gasteiger partial charge in [0.1, 0.15) is 17.1 Å². The molecule has 1 rings (SSSR count). The molecule has 0 saturated heterocycles. The van der Waals surface area contributed by atoms with Crippen LogP contribution in [-0.2, 0) is 4.74 Å². The van der Waals surface area contributed by atoms with E-state index in [0.717, 1.165) is 26.1 Å². The van der Waals surface area contributed by atoms with Crippen molar-refractivity contribution in [3.05, 3.63) is 23.8 Å². The molecule has 6 heteroatoms. The Balaban J connectivity index is 0.00000400. The second kappa shape index (κ2) is 10.3. The number of esters is 1. The number of phenols is 1. The van der Waals surface area contributed by atoms with Gasteiger partial charge >= 0.3 is 5.97 Å². The van der Waals surface area contributed by atoms with E-state index in [4.69, 9.17) is 9.47 Å². The van der Waals surface area contributed by atoms with Crippen molar-refractivity contribution in [3.63, 3.8) is 0 Å². The maximum Gasteiger partial charge on any atom is 0.341 e. The van der Waals surface area contributed by atoms with Gasteiger partial charge in [-0.3, -0.25) is 0 Å². The summed E-state index contributed by atoms with van der Waals surface area (Å²) >= 11 is 0. The molecule has 0 radical (unpaired) electrons. The highest BCUT2D eigenvalue weighted by atomic mass is 35.5. The third-order valence-electron chi connectivity index (χ3n) is 3.17. The fraction of sp³-hybridized carbons (Fsp3) is 0.533. The molecule has 0 amide bonds. The molecular formula is C15H23ClNO4-. The summed E-state index contributed by atoms with van der Waals surface area (Å²) in [6.07, 6.45) is 0.782. The lowest BCUT2D eigenvalue weighted by Gasteiger charge is -2.17. The van der Waals surface area contributed by atoms with Gasteiger partial charge in [0.05, 0.1) is 13.7 Å². The van der Waals surface area contributed by atoms with Crippen LogP contribution in [0.25, 0.3) is 0 Å². The van der Waals surface area contributed by atoms with E-state index in [-0.39, 0.29) is 23.7 Å². The molecule has 120 valence electrons. The predicted octanol–water partition coefficient (Wildman–Crippen LogP) is -0.706. The third-order valence-corrected chi connectivity index (χ3v) is 3.17. The zero-order valence-electron chi connectivity index (χ0n) is 12.8. The van der Waals surface area contributed by atoms with Gasteiger partial charge < -0.3 is 31.9 Å². The van der Waals surface area contributed by atoms with E-state index < -0.39 is 5.97 Å². The van der Waals surface area contributed by atoms with Gasteiger partial charge in [-0.2, -0.15) is 0 Å². The number of nitrogens with zero attached hydrogens (tertiary/aromatic N) is 1. The van der Waals surface area contributed by atoms with Crippen LogP contribution in [0.3, 0.4) is 0 Å². The number of hydrogen-bond acceptors (Lipinski definition) is 5. The Kier molecular flexibility index (Phi) is 9.58. The predicted molar refractivity (Wildman–Crippen MR) is 77.3 cm³/mol. The van der Waals surface area contributed by atoms with Gasteiger partial charge in [-0.25, -0.2) is 4.79 Å². The van der Waals surface area contributed by atoms with E-state index in [9.17, 15) is 9.90 Å². The molecule has 0 fully saturated rings. The highest BCUT2D eigenvalue weighted by molar-refractivity contribution is 5.92. The number of benzene rings is 1. The Morgan fingerprint density at radius 2 is 1.95 bits per heavy atom. The molecule has 0 aliphatic carbocycles. The molecule has 5 nitrogen and oxygen atoms in total. The van der Waals surface area contributed by atoms with Gasteiger partial charge in [-0.1, -0.05) is 13.8 Å². The average molecular weight is 317 g/mol. The zero-order chi connectivity index (χ0) is 15.0. The van der Waals surface area contributed by atoms with E-state index in [1.54, 1.807) is 6.07 Å². The minimum Gasteiger partial charge on any atom is -1.00 e. The fourth-order valence-corrected chi connectivity index (χ4v) is 1.88. The first-order chi connectivity index (χ1) is 9.62. The quantitative estimate of drug-likeness (QED) is 0.507. The second-order valence-electron chi connectivity index (χ2n) is 4.40. The van der Waals surface area contributed by atoms with Crippen LogP contribution in [0.2, 0.25) is 0 Å². The summed E-state index contributed by atoms with van der Waals surface area (Å²) in [5.41, 5.74) is 0.161. The number of carbonyl (C=O) groups is 1. The Bertz CT molecular complexity index is 436. The topological polar surface area (TPSA) is 59.0 Å². The molecule has 0 spiro atoms. The Hall–Kier alpha value is -1.46. The first-order valence-corrected chi connectivity index (χ1v) is 6.88. The SMILES string of the molecule is CCN(CC)CCCOC(=O)c1ccc(OC)cc1O.[Cl-]. The van der Waals surface area contributed by atoms with Crippen LogP contribution in [0.4, 0.5) is 0 Å². The fourth-order valence-electron chi connectivity index (χ4n) is 1.88. The Morgan fingerprint density at radius 1 is 1.29 bits per heavy atom. The minimum absolute atomic E-state index is 0. The molecule has 1 aromatic rings. The molecule has 0 aromatic heterocycles. The monoisotopic (exact) mass is 316 g/mol. The summed E-state index contributed by atoms with van der Waals surface area (Å²) in [7, 11) is 1.50. The van der Waals surface area contributed by atoms with E-state index in [1.807, 2.05) is 0 Å². The van der Waals surface area contributed by atoms with Crippen LogP contribution in [0.5, 0.6) is 11.5 Å². The van der Waals surface area contributed by atoms with Crippen molar-refractivity contribution >= 4 is 5.97 Å². The number of methoxy groups -OCH3 is 1. The highest BCUT2D eigenvalue weighted by Gasteiger charge is 2.13. The summed E-state index contributed by atoms with van der Waals surface area (Å²) < 4.78 is 10.1. The lowest BCUT2D eigenvalue weighted by Crippen LogP contribution is -3.00. The minimum atomic E-state index is -0.510. The second-order valence-corrected chi connectivity index (χ2v) is 4.40. The van der Waals surface area contributed by atoms with Crippen molar-refractivity contribution in [2.75, 3.05) is 33.4 Å². The lowest BCUT2D eigenvalue weighted by atomic mass is 10.2. The Morgan fingerprint density at radius 3 is 2.48 bits per heavy atom.